The van der Waals surface area contributed by atoms with Crippen molar-refractivity contribution >= 4 is 23.0 Å². The number of nitro benzene ring substituents is 1. The van der Waals surface area contributed by atoms with Crippen LogP contribution in [0.25, 0.3) is 0 Å². The average molecular weight is 303 g/mol. The summed E-state index contributed by atoms with van der Waals surface area (Å²) in [6, 6.07) is 11.2. The second-order valence-corrected chi connectivity index (χ2v) is 5.77. The smallest absolute Gasteiger partial charge is 0.271 e. The Morgan fingerprint density at radius 3 is 2.81 bits per heavy atom. The molecular weight excluding hydrogens is 288 g/mol. The molecule has 5 heteroatoms. The normalized spacial score (nSPS) is 16.6. The van der Waals surface area contributed by atoms with E-state index in [0.717, 1.165) is 18.5 Å². The molecule has 0 aromatic heterocycles. The molecule has 0 saturated heterocycles. The molecule has 21 heavy (non-hydrogen) atoms. The second-order valence-electron chi connectivity index (χ2n) is 5.36. The molecule has 0 fully saturated rings. The van der Waals surface area contributed by atoms with Crippen molar-refractivity contribution in [3.63, 3.8) is 0 Å². The summed E-state index contributed by atoms with van der Waals surface area (Å²) in [5.74, 6) is 0. The van der Waals surface area contributed by atoms with Crippen molar-refractivity contribution in [1.29, 1.82) is 0 Å². The molecule has 0 bridgehead atoms. The standard InChI is InChI=1S/C16H15ClN2O2/c1-10-2-3-11-4-6-15(13(11)8-10)18-16-7-5-12(19(20)21)9-14(16)17/h2-3,5,7-9,15,18H,4,6H2,1H3. The second kappa shape index (κ2) is 5.37. The minimum atomic E-state index is -0.441. The van der Waals surface area contributed by atoms with Crippen LogP contribution in [0.1, 0.15) is 29.2 Å². The van der Waals surface area contributed by atoms with Gasteiger partial charge in [-0.05, 0) is 37.0 Å². The van der Waals surface area contributed by atoms with Crippen molar-refractivity contribution in [2.24, 2.45) is 0 Å². The summed E-state index contributed by atoms with van der Waals surface area (Å²) in [6.45, 7) is 2.08. The lowest BCUT2D eigenvalue weighted by Gasteiger charge is -2.17. The minimum Gasteiger partial charge on any atom is -0.377 e. The molecule has 0 heterocycles. The summed E-state index contributed by atoms with van der Waals surface area (Å²) in [6.07, 6.45) is 2.05. The van der Waals surface area contributed by atoms with Crippen molar-refractivity contribution in [1.82, 2.24) is 0 Å². The van der Waals surface area contributed by atoms with E-state index in [0.29, 0.717) is 5.02 Å². The number of anilines is 1. The van der Waals surface area contributed by atoms with E-state index in [1.807, 2.05) is 0 Å². The maximum absolute atomic E-state index is 10.7. The molecular formula is C16H15ClN2O2. The monoisotopic (exact) mass is 302 g/mol. The molecule has 1 aliphatic carbocycles. The lowest BCUT2D eigenvalue weighted by molar-refractivity contribution is -0.384. The highest BCUT2D eigenvalue weighted by Crippen LogP contribution is 2.36. The Kier molecular flexibility index (Phi) is 3.55. The highest BCUT2D eigenvalue weighted by atomic mass is 35.5. The van der Waals surface area contributed by atoms with Crippen LogP contribution < -0.4 is 5.32 Å². The van der Waals surface area contributed by atoms with Crippen LogP contribution in [0.15, 0.2) is 36.4 Å². The van der Waals surface area contributed by atoms with Gasteiger partial charge in [0.15, 0.2) is 0 Å². The summed E-state index contributed by atoms with van der Waals surface area (Å²) in [7, 11) is 0. The lowest BCUT2D eigenvalue weighted by atomic mass is 10.0. The van der Waals surface area contributed by atoms with Gasteiger partial charge in [-0.3, -0.25) is 10.1 Å². The first-order valence-electron chi connectivity index (χ1n) is 6.84. The van der Waals surface area contributed by atoms with Gasteiger partial charge in [-0.25, -0.2) is 0 Å². The van der Waals surface area contributed by atoms with Crippen LogP contribution >= 0.6 is 11.6 Å². The molecule has 4 nitrogen and oxygen atoms in total. The van der Waals surface area contributed by atoms with Gasteiger partial charge in [-0.1, -0.05) is 35.4 Å². The van der Waals surface area contributed by atoms with Gasteiger partial charge in [-0.2, -0.15) is 0 Å². The Morgan fingerprint density at radius 2 is 2.10 bits per heavy atom. The van der Waals surface area contributed by atoms with Crippen molar-refractivity contribution in [2.75, 3.05) is 5.32 Å². The summed E-state index contributed by atoms with van der Waals surface area (Å²) in [5.41, 5.74) is 4.63. The van der Waals surface area contributed by atoms with E-state index in [-0.39, 0.29) is 11.7 Å². The Morgan fingerprint density at radius 1 is 1.29 bits per heavy atom. The zero-order valence-electron chi connectivity index (χ0n) is 11.6. The molecule has 0 aliphatic heterocycles. The summed E-state index contributed by atoms with van der Waals surface area (Å²) in [5, 5.41) is 14.5. The van der Waals surface area contributed by atoms with Gasteiger partial charge in [0.05, 0.1) is 21.7 Å². The largest absolute Gasteiger partial charge is 0.377 e. The average Bonchev–Trinajstić information content (AvgIpc) is 2.83. The molecule has 2 aromatic rings. The van der Waals surface area contributed by atoms with Crippen molar-refractivity contribution in [3.8, 4) is 0 Å². The Balaban J connectivity index is 1.86. The number of hydrogen-bond acceptors (Lipinski definition) is 3. The van der Waals surface area contributed by atoms with Crippen LogP contribution in [0, 0.1) is 17.0 Å². The molecule has 1 N–H and O–H groups in total. The molecule has 1 aliphatic rings. The fourth-order valence-electron chi connectivity index (χ4n) is 2.79. The number of rotatable bonds is 3. The van der Waals surface area contributed by atoms with Crippen LogP contribution in [-0.2, 0) is 6.42 Å². The predicted molar refractivity (Wildman–Crippen MR) is 84.0 cm³/mol. The number of fused-ring (bicyclic) bond motifs is 1. The van der Waals surface area contributed by atoms with E-state index in [9.17, 15) is 10.1 Å². The molecule has 108 valence electrons. The van der Waals surface area contributed by atoms with Crippen LogP contribution in [0.5, 0.6) is 0 Å². The van der Waals surface area contributed by atoms with Crippen LogP contribution in [0.3, 0.4) is 0 Å². The number of hydrogen-bond donors (Lipinski definition) is 1. The molecule has 1 atom stereocenters. The van der Waals surface area contributed by atoms with E-state index in [1.165, 1.54) is 28.8 Å². The molecule has 0 amide bonds. The quantitative estimate of drug-likeness (QED) is 0.663. The summed E-state index contributed by atoms with van der Waals surface area (Å²) < 4.78 is 0. The summed E-state index contributed by atoms with van der Waals surface area (Å²) >= 11 is 6.14. The number of non-ortho nitro benzene ring substituents is 1. The first-order chi connectivity index (χ1) is 10.0. The number of benzene rings is 2. The number of halogens is 1. The first-order valence-corrected chi connectivity index (χ1v) is 7.22. The van der Waals surface area contributed by atoms with Gasteiger partial charge in [-0.15, -0.1) is 0 Å². The molecule has 0 saturated carbocycles. The maximum Gasteiger partial charge on any atom is 0.271 e. The SMILES string of the molecule is Cc1ccc2c(c1)C(Nc1ccc([N+](=O)[O-])cc1Cl)CC2. The Bertz CT molecular complexity index is 715. The third-order valence-corrected chi connectivity index (χ3v) is 4.19. The number of nitrogens with zero attached hydrogens (tertiary/aromatic N) is 1. The van der Waals surface area contributed by atoms with Gasteiger partial charge < -0.3 is 5.32 Å². The van der Waals surface area contributed by atoms with Crippen LogP contribution in [0.2, 0.25) is 5.02 Å². The van der Waals surface area contributed by atoms with Crippen LogP contribution in [0.4, 0.5) is 11.4 Å². The van der Waals surface area contributed by atoms with Crippen molar-refractivity contribution in [2.45, 2.75) is 25.8 Å². The van der Waals surface area contributed by atoms with Gasteiger partial charge in [0, 0.05) is 12.1 Å². The molecule has 0 spiro atoms. The van der Waals surface area contributed by atoms with E-state index < -0.39 is 4.92 Å². The molecule has 2 aromatic carbocycles. The van der Waals surface area contributed by atoms with E-state index >= 15 is 0 Å². The van der Waals surface area contributed by atoms with E-state index in [4.69, 9.17) is 11.6 Å². The van der Waals surface area contributed by atoms with Gasteiger partial charge in [0.2, 0.25) is 0 Å². The van der Waals surface area contributed by atoms with Crippen LogP contribution in [-0.4, -0.2) is 4.92 Å². The lowest BCUT2D eigenvalue weighted by Crippen LogP contribution is -2.07. The number of nitro groups is 1. The zero-order chi connectivity index (χ0) is 15.0. The Labute approximate surface area is 127 Å². The molecule has 1 unspecified atom stereocenters. The third kappa shape index (κ3) is 2.72. The topological polar surface area (TPSA) is 55.2 Å². The van der Waals surface area contributed by atoms with E-state index in [2.05, 4.69) is 30.4 Å². The number of aryl methyl sites for hydroxylation is 2. The first kappa shape index (κ1) is 13.9. The fourth-order valence-corrected chi connectivity index (χ4v) is 3.02. The zero-order valence-corrected chi connectivity index (χ0v) is 12.4. The predicted octanol–water partition coefficient (Wildman–Crippen LogP) is 4.66. The van der Waals surface area contributed by atoms with Crippen molar-refractivity contribution < 1.29 is 4.92 Å². The Hall–Kier alpha value is -2.07. The third-order valence-electron chi connectivity index (χ3n) is 3.87. The summed E-state index contributed by atoms with van der Waals surface area (Å²) in [4.78, 5) is 10.3. The van der Waals surface area contributed by atoms with E-state index in [1.54, 1.807) is 6.07 Å². The maximum atomic E-state index is 10.7. The molecule has 3 rings (SSSR count). The minimum absolute atomic E-state index is 0.00761. The fraction of sp³-hybridized carbons (Fsp3) is 0.250. The van der Waals surface area contributed by atoms with Crippen molar-refractivity contribution in [3.05, 3.63) is 68.2 Å². The number of nitrogens with one attached hydrogen (secondary N) is 1. The highest BCUT2D eigenvalue weighted by molar-refractivity contribution is 6.33. The molecule has 0 radical (unpaired) electrons. The van der Waals surface area contributed by atoms with Gasteiger partial charge in [0.1, 0.15) is 0 Å². The van der Waals surface area contributed by atoms with Gasteiger partial charge >= 0.3 is 0 Å². The highest BCUT2D eigenvalue weighted by Gasteiger charge is 2.23. The van der Waals surface area contributed by atoms with Gasteiger partial charge in [0.25, 0.3) is 5.69 Å².